The molecular formula is C81H158O17P2. The lowest BCUT2D eigenvalue weighted by molar-refractivity contribution is -0.161. The SMILES string of the molecule is CCCCCCCCCCCCCCCCC(=O)O[C@H](COC(=O)CCCCCCCCCCCC)COP(=O)(O)OC[C@H](O)COP(=O)(O)OC[C@@H](COC(=O)CCCCCCCCCCCCCCCCC(C)CC)OC(=O)CCCCCCCCCCCCCCCCCC(C)C. The van der Waals surface area contributed by atoms with E-state index in [2.05, 4.69) is 41.5 Å². The Kier molecular flexibility index (Phi) is 71.2. The van der Waals surface area contributed by atoms with Crippen molar-refractivity contribution in [2.75, 3.05) is 39.6 Å². The molecule has 0 spiro atoms. The first-order valence-corrected chi connectivity index (χ1v) is 45.0. The van der Waals surface area contributed by atoms with Crippen molar-refractivity contribution in [2.24, 2.45) is 11.8 Å². The molecule has 0 aliphatic rings. The van der Waals surface area contributed by atoms with E-state index in [1.54, 1.807) is 0 Å². The van der Waals surface area contributed by atoms with Gasteiger partial charge in [-0.3, -0.25) is 37.3 Å². The van der Waals surface area contributed by atoms with Crippen molar-refractivity contribution < 1.29 is 80.2 Å². The first kappa shape index (κ1) is 98.1. The molecule has 3 N–H and O–H groups in total. The van der Waals surface area contributed by atoms with E-state index >= 15 is 0 Å². The third kappa shape index (κ3) is 73.0. The summed E-state index contributed by atoms with van der Waals surface area (Å²) in [5.41, 5.74) is 0. The van der Waals surface area contributed by atoms with Gasteiger partial charge >= 0.3 is 39.5 Å². The topological polar surface area (TPSA) is 237 Å². The number of ether oxygens (including phenoxy) is 4. The van der Waals surface area contributed by atoms with Gasteiger partial charge in [-0.2, -0.15) is 0 Å². The van der Waals surface area contributed by atoms with E-state index in [0.717, 1.165) is 102 Å². The van der Waals surface area contributed by atoms with Crippen molar-refractivity contribution in [1.29, 1.82) is 0 Å². The van der Waals surface area contributed by atoms with Crippen molar-refractivity contribution >= 4 is 39.5 Å². The van der Waals surface area contributed by atoms with Crippen molar-refractivity contribution in [2.45, 2.75) is 445 Å². The molecule has 0 fully saturated rings. The molecule has 0 aromatic heterocycles. The van der Waals surface area contributed by atoms with Crippen LogP contribution in [0.4, 0.5) is 0 Å². The molecule has 0 aliphatic heterocycles. The molecule has 0 saturated heterocycles. The van der Waals surface area contributed by atoms with E-state index in [9.17, 15) is 43.2 Å². The van der Waals surface area contributed by atoms with E-state index in [0.29, 0.717) is 25.7 Å². The van der Waals surface area contributed by atoms with Crippen LogP contribution in [-0.4, -0.2) is 96.7 Å². The molecule has 0 aromatic carbocycles. The fourth-order valence-corrected chi connectivity index (χ4v) is 14.1. The van der Waals surface area contributed by atoms with Crippen LogP contribution in [0, 0.1) is 11.8 Å². The highest BCUT2D eigenvalue weighted by Gasteiger charge is 2.30. The van der Waals surface area contributed by atoms with Gasteiger partial charge in [-0.05, 0) is 37.5 Å². The minimum Gasteiger partial charge on any atom is -0.462 e. The number of hydrogen-bond acceptors (Lipinski definition) is 15. The fraction of sp³-hybridized carbons (Fsp3) is 0.951. The maximum Gasteiger partial charge on any atom is 0.472 e. The third-order valence-corrected chi connectivity index (χ3v) is 21.2. The molecule has 0 bridgehead atoms. The number of aliphatic hydroxyl groups is 1. The molecule has 594 valence electrons. The van der Waals surface area contributed by atoms with Crippen LogP contribution in [0.2, 0.25) is 0 Å². The highest BCUT2D eigenvalue weighted by molar-refractivity contribution is 7.47. The van der Waals surface area contributed by atoms with E-state index in [1.165, 1.54) is 244 Å². The first-order chi connectivity index (χ1) is 48.4. The quantitative estimate of drug-likeness (QED) is 0.0222. The van der Waals surface area contributed by atoms with Gasteiger partial charge in [-0.25, -0.2) is 9.13 Å². The van der Waals surface area contributed by atoms with Crippen LogP contribution >= 0.6 is 15.6 Å². The van der Waals surface area contributed by atoms with Crippen LogP contribution in [0.1, 0.15) is 427 Å². The third-order valence-electron chi connectivity index (χ3n) is 19.3. The second kappa shape index (κ2) is 72.6. The lowest BCUT2D eigenvalue weighted by Crippen LogP contribution is -2.30. The Morgan fingerprint density at radius 1 is 0.290 bits per heavy atom. The maximum atomic E-state index is 13.1. The van der Waals surface area contributed by atoms with Crippen molar-refractivity contribution in [3.8, 4) is 0 Å². The Hall–Kier alpha value is -1.94. The molecule has 0 radical (unpaired) electrons. The molecule has 0 saturated carbocycles. The van der Waals surface area contributed by atoms with Crippen LogP contribution in [0.3, 0.4) is 0 Å². The summed E-state index contributed by atoms with van der Waals surface area (Å²) in [6.45, 7) is 9.72. The summed E-state index contributed by atoms with van der Waals surface area (Å²) in [4.78, 5) is 73.0. The van der Waals surface area contributed by atoms with Crippen LogP contribution in [0.5, 0.6) is 0 Å². The van der Waals surface area contributed by atoms with Crippen LogP contribution in [-0.2, 0) is 65.4 Å². The molecule has 0 heterocycles. The molecule has 6 atom stereocenters. The molecular weight excluding hydrogens is 1310 g/mol. The Bertz CT molecular complexity index is 1930. The second-order valence-electron chi connectivity index (χ2n) is 29.9. The first-order valence-electron chi connectivity index (χ1n) is 42.0. The van der Waals surface area contributed by atoms with Gasteiger partial charge in [-0.15, -0.1) is 0 Å². The molecule has 0 amide bonds. The van der Waals surface area contributed by atoms with Gasteiger partial charge < -0.3 is 33.8 Å². The number of hydrogen-bond donors (Lipinski definition) is 3. The Morgan fingerprint density at radius 3 is 0.760 bits per heavy atom. The zero-order valence-corrected chi connectivity index (χ0v) is 67.3. The molecule has 19 heteroatoms. The van der Waals surface area contributed by atoms with E-state index in [1.807, 2.05) is 0 Å². The predicted molar refractivity (Wildman–Crippen MR) is 409 cm³/mol. The molecule has 0 aromatic rings. The van der Waals surface area contributed by atoms with E-state index in [4.69, 9.17) is 37.0 Å². The zero-order valence-electron chi connectivity index (χ0n) is 65.5. The summed E-state index contributed by atoms with van der Waals surface area (Å²) >= 11 is 0. The number of esters is 4. The van der Waals surface area contributed by atoms with Gasteiger partial charge in [0, 0.05) is 25.7 Å². The van der Waals surface area contributed by atoms with Crippen molar-refractivity contribution in [3.05, 3.63) is 0 Å². The number of carbonyl (C=O) groups excluding carboxylic acids is 4. The Balaban J connectivity index is 5.24. The van der Waals surface area contributed by atoms with Gasteiger partial charge in [0.2, 0.25) is 0 Å². The zero-order chi connectivity index (χ0) is 73.5. The highest BCUT2D eigenvalue weighted by Crippen LogP contribution is 2.45. The van der Waals surface area contributed by atoms with Crippen LogP contribution in [0.25, 0.3) is 0 Å². The lowest BCUT2D eigenvalue weighted by atomic mass is 9.99. The largest absolute Gasteiger partial charge is 0.472 e. The number of unbranched alkanes of at least 4 members (excludes halogenated alkanes) is 49. The summed E-state index contributed by atoms with van der Waals surface area (Å²) in [7, 11) is -9.92. The summed E-state index contributed by atoms with van der Waals surface area (Å²) in [6.07, 6.45) is 62.2. The summed E-state index contributed by atoms with van der Waals surface area (Å²) in [5, 5.41) is 10.6. The normalized spacial score (nSPS) is 14.2. The van der Waals surface area contributed by atoms with Gasteiger partial charge in [0.05, 0.1) is 26.4 Å². The van der Waals surface area contributed by atoms with Gasteiger partial charge in [0.1, 0.15) is 19.3 Å². The standard InChI is InChI=1S/C81H158O17P2/c1-7-10-12-14-16-18-20-21-29-35-41-47-53-59-65-80(85)97-76(69-91-78(83)63-57-51-45-39-19-17-15-13-11-8-2)71-95-99(87,88)93-67-75(82)68-94-100(89,90)96-72-77(98-81(86)66-60-54-48-42-36-31-24-22-23-27-32-37-43-49-55-61-73(4)5)70-92-79(84)64-58-52-46-40-34-30-26-25-28-33-38-44-50-56-62-74(6)9-3/h73-77,82H,7-72H2,1-6H3,(H,87,88)(H,89,90)/t74?,75-,76+,77+/m0/s1. The average Bonchev–Trinajstić information content (AvgIpc) is 0.950. The van der Waals surface area contributed by atoms with Crippen LogP contribution in [0.15, 0.2) is 0 Å². The predicted octanol–water partition coefficient (Wildman–Crippen LogP) is 24.3. The van der Waals surface area contributed by atoms with Gasteiger partial charge in [0.25, 0.3) is 0 Å². The summed E-state index contributed by atoms with van der Waals surface area (Å²) in [6, 6.07) is 0. The van der Waals surface area contributed by atoms with Crippen molar-refractivity contribution in [1.82, 2.24) is 0 Å². The number of carbonyl (C=O) groups is 4. The summed E-state index contributed by atoms with van der Waals surface area (Å²) in [5.74, 6) is -0.454. The van der Waals surface area contributed by atoms with E-state index in [-0.39, 0.29) is 25.7 Å². The smallest absolute Gasteiger partial charge is 0.462 e. The maximum absolute atomic E-state index is 13.1. The molecule has 0 aliphatic carbocycles. The number of rotatable bonds is 80. The van der Waals surface area contributed by atoms with Gasteiger partial charge in [0.15, 0.2) is 12.2 Å². The minimum atomic E-state index is -4.96. The Labute approximate surface area is 613 Å². The highest BCUT2D eigenvalue weighted by atomic mass is 31.2. The fourth-order valence-electron chi connectivity index (χ4n) is 12.5. The monoisotopic (exact) mass is 1470 g/mol. The minimum absolute atomic E-state index is 0.108. The molecule has 100 heavy (non-hydrogen) atoms. The van der Waals surface area contributed by atoms with E-state index < -0.39 is 97.5 Å². The Morgan fingerprint density at radius 2 is 0.510 bits per heavy atom. The average molecular weight is 1470 g/mol. The molecule has 3 unspecified atom stereocenters. The van der Waals surface area contributed by atoms with Gasteiger partial charge in [-0.1, -0.05) is 375 Å². The number of aliphatic hydroxyl groups excluding tert-OH is 1. The molecule has 17 nitrogen and oxygen atoms in total. The second-order valence-corrected chi connectivity index (χ2v) is 32.8. The van der Waals surface area contributed by atoms with Crippen LogP contribution < -0.4 is 0 Å². The summed E-state index contributed by atoms with van der Waals surface area (Å²) < 4.78 is 68.7. The number of phosphoric ester groups is 2. The lowest BCUT2D eigenvalue weighted by Gasteiger charge is -2.21. The number of phosphoric acid groups is 2. The van der Waals surface area contributed by atoms with Crippen molar-refractivity contribution in [3.63, 3.8) is 0 Å². The molecule has 0 rings (SSSR count).